The first-order valence-corrected chi connectivity index (χ1v) is 10.3. The Balaban J connectivity index is 2.54. The Morgan fingerprint density at radius 1 is 0.760 bits per heavy atom. The van der Waals surface area contributed by atoms with Crippen molar-refractivity contribution < 1.29 is 9.47 Å². The fourth-order valence-electron chi connectivity index (χ4n) is 2.22. The fourth-order valence-corrected chi connectivity index (χ4v) is 3.35. The number of ether oxygens (including phenoxy) is 2. The Bertz CT molecular complexity index is 672. The van der Waals surface area contributed by atoms with Crippen LogP contribution in [0.1, 0.15) is 41.5 Å². The van der Waals surface area contributed by atoms with Crippen molar-refractivity contribution in [3.8, 4) is 11.5 Å². The normalized spacial score (nSPS) is 12.0. The van der Waals surface area contributed by atoms with E-state index in [1.807, 2.05) is 0 Å². The number of fused-ring (bicyclic) bond motifs is 1. The highest BCUT2D eigenvalue weighted by Gasteiger charge is 2.24. The Morgan fingerprint density at radius 3 is 1.48 bits per heavy atom. The van der Waals surface area contributed by atoms with E-state index in [0.717, 1.165) is 26.5 Å². The van der Waals surface area contributed by atoms with Crippen molar-refractivity contribution in [2.45, 2.75) is 48.1 Å². The fraction of sp³-hybridized carbons (Fsp3) is 0.667. The summed E-state index contributed by atoms with van der Waals surface area (Å²) in [5, 5.41) is 9.26. The van der Waals surface area contributed by atoms with Crippen LogP contribution in [-0.4, -0.2) is 28.2 Å². The van der Waals surface area contributed by atoms with Crippen LogP contribution >= 0.6 is 31.9 Å². The lowest BCUT2D eigenvalue weighted by atomic mass is 10.2. The summed E-state index contributed by atoms with van der Waals surface area (Å²) in [5.74, 6) is 2.66. The monoisotopic (exact) mass is 475 g/mol. The number of halogens is 2. The van der Waals surface area contributed by atoms with Gasteiger partial charge in [-0.2, -0.15) is 15.0 Å². The van der Waals surface area contributed by atoms with Gasteiger partial charge in [-0.25, -0.2) is 0 Å². The number of rotatable bonds is 8. The van der Waals surface area contributed by atoms with E-state index in [1.54, 1.807) is 4.80 Å². The van der Waals surface area contributed by atoms with Crippen molar-refractivity contribution in [2.75, 3.05) is 13.2 Å². The third-order valence-electron chi connectivity index (χ3n) is 3.33. The largest absolute Gasteiger partial charge is 0.488 e. The summed E-state index contributed by atoms with van der Waals surface area (Å²) < 4.78 is 13.7. The molecule has 0 aliphatic carbocycles. The molecule has 0 fully saturated rings. The van der Waals surface area contributed by atoms with E-state index >= 15 is 0 Å². The van der Waals surface area contributed by atoms with Crippen LogP contribution in [0, 0.1) is 17.8 Å². The topological polar surface area (TPSA) is 49.2 Å². The molecule has 0 aliphatic rings. The predicted molar refractivity (Wildman–Crippen MR) is 108 cm³/mol. The van der Waals surface area contributed by atoms with Crippen LogP contribution in [0.4, 0.5) is 0 Å². The zero-order chi connectivity index (χ0) is 18.7. The molecule has 25 heavy (non-hydrogen) atoms. The van der Waals surface area contributed by atoms with E-state index in [1.165, 1.54) is 0 Å². The van der Waals surface area contributed by atoms with Gasteiger partial charge in [-0.15, -0.1) is 0 Å². The predicted octanol–water partition coefficient (Wildman–Crippen LogP) is 5.68. The Hall–Kier alpha value is -0.820. The van der Waals surface area contributed by atoms with Gasteiger partial charge in [0.2, 0.25) is 0 Å². The van der Waals surface area contributed by atoms with E-state index in [2.05, 4.69) is 83.6 Å². The van der Waals surface area contributed by atoms with Gasteiger partial charge in [0.25, 0.3) is 0 Å². The summed E-state index contributed by atoms with van der Waals surface area (Å²) in [5.41, 5.74) is 1.56. The zero-order valence-electron chi connectivity index (χ0n) is 15.8. The maximum Gasteiger partial charge on any atom is 0.178 e. The molecule has 0 saturated heterocycles. The average molecular weight is 477 g/mol. The van der Waals surface area contributed by atoms with Crippen LogP contribution in [0.3, 0.4) is 0 Å². The summed E-state index contributed by atoms with van der Waals surface area (Å²) in [4.78, 5) is 1.74. The van der Waals surface area contributed by atoms with E-state index in [9.17, 15) is 0 Å². The van der Waals surface area contributed by atoms with Gasteiger partial charge in [0, 0.05) is 0 Å². The molecule has 0 aliphatic heterocycles. The van der Waals surface area contributed by atoms with Gasteiger partial charge in [-0.3, -0.25) is 0 Å². The minimum atomic E-state index is 0.413. The van der Waals surface area contributed by atoms with Gasteiger partial charge in [-0.1, -0.05) is 41.5 Å². The quantitative estimate of drug-likeness (QED) is 0.491. The zero-order valence-corrected chi connectivity index (χ0v) is 18.9. The minimum absolute atomic E-state index is 0.413. The van der Waals surface area contributed by atoms with Crippen LogP contribution < -0.4 is 9.47 Å². The number of benzene rings is 1. The SMILES string of the molecule is CC(C)COc1c(OCC(C)C)c(Br)c2nn(CC(C)C)nc2c1Br. The molecular formula is C18H27Br2N3O2. The maximum atomic E-state index is 6.06. The van der Waals surface area contributed by atoms with Gasteiger partial charge in [-0.05, 0) is 49.6 Å². The minimum Gasteiger partial charge on any atom is -0.488 e. The van der Waals surface area contributed by atoms with Gasteiger partial charge in [0.1, 0.15) is 11.0 Å². The van der Waals surface area contributed by atoms with E-state index in [0.29, 0.717) is 42.5 Å². The molecule has 0 N–H and O–H groups in total. The number of aromatic nitrogens is 3. The molecule has 0 amide bonds. The van der Waals surface area contributed by atoms with Gasteiger partial charge < -0.3 is 9.47 Å². The van der Waals surface area contributed by atoms with Crippen LogP contribution in [0.15, 0.2) is 8.95 Å². The number of hydrogen-bond donors (Lipinski definition) is 0. The highest BCUT2D eigenvalue weighted by atomic mass is 79.9. The Morgan fingerprint density at radius 2 is 1.16 bits per heavy atom. The number of hydrogen-bond acceptors (Lipinski definition) is 4. The maximum absolute atomic E-state index is 6.06. The second-order valence-electron chi connectivity index (χ2n) is 7.54. The van der Waals surface area contributed by atoms with Gasteiger partial charge in [0.15, 0.2) is 11.5 Å². The van der Waals surface area contributed by atoms with Crippen LogP contribution in [0.25, 0.3) is 11.0 Å². The molecule has 140 valence electrons. The van der Waals surface area contributed by atoms with Crippen molar-refractivity contribution in [1.82, 2.24) is 15.0 Å². The average Bonchev–Trinajstić information content (AvgIpc) is 2.91. The lowest BCUT2D eigenvalue weighted by Crippen LogP contribution is -2.10. The summed E-state index contributed by atoms with van der Waals surface area (Å²) in [6.45, 7) is 14.7. The molecule has 0 atom stereocenters. The summed E-state index contributed by atoms with van der Waals surface area (Å²) in [6, 6.07) is 0. The van der Waals surface area contributed by atoms with Crippen molar-refractivity contribution >= 4 is 42.9 Å². The van der Waals surface area contributed by atoms with Gasteiger partial charge in [0.05, 0.1) is 28.7 Å². The highest BCUT2D eigenvalue weighted by molar-refractivity contribution is 9.11. The second-order valence-corrected chi connectivity index (χ2v) is 9.13. The van der Waals surface area contributed by atoms with Crippen molar-refractivity contribution in [3.05, 3.63) is 8.95 Å². The Labute approximate surface area is 166 Å². The van der Waals surface area contributed by atoms with Crippen LogP contribution in [-0.2, 0) is 6.54 Å². The smallest absolute Gasteiger partial charge is 0.178 e. The third-order valence-corrected chi connectivity index (χ3v) is 4.80. The van der Waals surface area contributed by atoms with Gasteiger partial charge >= 0.3 is 0 Å². The molecule has 0 unspecified atom stereocenters. The lowest BCUT2D eigenvalue weighted by molar-refractivity contribution is 0.227. The second kappa shape index (κ2) is 8.71. The summed E-state index contributed by atoms with van der Waals surface area (Å²) in [6.07, 6.45) is 0. The molecule has 2 aromatic rings. The van der Waals surface area contributed by atoms with Crippen molar-refractivity contribution in [3.63, 3.8) is 0 Å². The molecule has 0 radical (unpaired) electrons. The molecule has 1 aromatic heterocycles. The first-order valence-electron chi connectivity index (χ1n) is 8.72. The van der Waals surface area contributed by atoms with Crippen molar-refractivity contribution in [2.24, 2.45) is 17.8 Å². The number of nitrogens with zero attached hydrogens (tertiary/aromatic N) is 3. The molecule has 7 heteroatoms. The highest BCUT2D eigenvalue weighted by Crippen LogP contribution is 2.46. The molecule has 0 spiro atoms. The first-order chi connectivity index (χ1) is 11.7. The van der Waals surface area contributed by atoms with Crippen LogP contribution in [0.2, 0.25) is 0 Å². The van der Waals surface area contributed by atoms with E-state index in [4.69, 9.17) is 9.47 Å². The third kappa shape index (κ3) is 5.09. The molecule has 5 nitrogen and oxygen atoms in total. The van der Waals surface area contributed by atoms with E-state index in [-0.39, 0.29) is 0 Å². The molecule has 0 saturated carbocycles. The summed E-state index contributed by atoms with van der Waals surface area (Å²) >= 11 is 7.32. The van der Waals surface area contributed by atoms with Crippen molar-refractivity contribution in [1.29, 1.82) is 0 Å². The molecular weight excluding hydrogens is 450 g/mol. The Kier molecular flexibility index (Phi) is 7.14. The standard InChI is InChI=1S/C18H27Br2N3O2/c1-10(2)7-23-21-15-13(19)17(24-8-11(3)4)18(25-9-12(5)6)14(20)16(15)22-23/h10-12H,7-9H2,1-6H3. The van der Waals surface area contributed by atoms with E-state index < -0.39 is 0 Å². The molecule has 2 rings (SSSR count). The first kappa shape index (κ1) is 20.5. The molecule has 1 heterocycles. The summed E-state index contributed by atoms with van der Waals surface area (Å²) in [7, 11) is 0. The lowest BCUT2D eigenvalue weighted by Gasteiger charge is -2.18. The molecule has 1 aromatic carbocycles. The van der Waals surface area contributed by atoms with Crippen LogP contribution in [0.5, 0.6) is 11.5 Å². The molecule has 0 bridgehead atoms.